The van der Waals surface area contributed by atoms with Gasteiger partial charge in [-0.3, -0.25) is 0 Å². The zero-order valence-corrected chi connectivity index (χ0v) is 8.95. The van der Waals surface area contributed by atoms with Crippen LogP contribution in [0.3, 0.4) is 0 Å². The smallest absolute Gasteiger partial charge is 0.318 e. The third-order valence-electron chi connectivity index (χ3n) is 2.10. The fourth-order valence-corrected chi connectivity index (χ4v) is 1.24. The number of hydrogen-bond acceptors (Lipinski definition) is 3. The molecule has 1 heterocycles. The van der Waals surface area contributed by atoms with Gasteiger partial charge >= 0.3 is 6.03 Å². The van der Waals surface area contributed by atoms with Crippen molar-refractivity contribution >= 4 is 6.03 Å². The molecular weight excluding hydrogens is 196 g/mol. The van der Waals surface area contributed by atoms with Gasteiger partial charge in [0.15, 0.2) is 0 Å². The SMILES string of the molecule is CC(O)CNC(=O)NC=C1CCOCC1. The fourth-order valence-electron chi connectivity index (χ4n) is 1.24. The molecule has 15 heavy (non-hydrogen) atoms. The Morgan fingerprint density at radius 3 is 2.87 bits per heavy atom. The summed E-state index contributed by atoms with van der Waals surface area (Å²) in [5.41, 5.74) is 1.19. The molecule has 1 atom stereocenters. The molecule has 1 rings (SSSR count). The lowest BCUT2D eigenvalue weighted by molar-refractivity contribution is 0.119. The molecule has 0 bridgehead atoms. The molecular formula is C10H18N2O3. The molecule has 0 radical (unpaired) electrons. The molecule has 2 amide bonds. The van der Waals surface area contributed by atoms with Gasteiger partial charge in [0.25, 0.3) is 0 Å². The van der Waals surface area contributed by atoms with Crippen molar-refractivity contribution in [2.24, 2.45) is 0 Å². The molecule has 1 aliphatic heterocycles. The molecule has 1 aliphatic rings. The number of amides is 2. The first-order chi connectivity index (χ1) is 7.18. The van der Waals surface area contributed by atoms with Crippen LogP contribution in [0.2, 0.25) is 0 Å². The number of aliphatic hydroxyl groups is 1. The molecule has 1 fully saturated rings. The minimum atomic E-state index is -0.522. The number of nitrogens with one attached hydrogen (secondary N) is 2. The van der Waals surface area contributed by atoms with E-state index in [0.717, 1.165) is 26.1 Å². The summed E-state index contributed by atoms with van der Waals surface area (Å²) in [7, 11) is 0. The Hall–Kier alpha value is -1.07. The number of aliphatic hydroxyl groups excluding tert-OH is 1. The molecule has 0 aromatic carbocycles. The Kier molecular flexibility index (Phi) is 5.14. The van der Waals surface area contributed by atoms with Crippen LogP contribution < -0.4 is 10.6 Å². The second-order valence-electron chi connectivity index (χ2n) is 3.62. The van der Waals surface area contributed by atoms with Crippen molar-refractivity contribution in [1.29, 1.82) is 0 Å². The second-order valence-corrected chi connectivity index (χ2v) is 3.62. The molecule has 0 spiro atoms. The van der Waals surface area contributed by atoms with Crippen LogP contribution in [0.25, 0.3) is 0 Å². The molecule has 0 aromatic rings. The lowest BCUT2D eigenvalue weighted by atomic mass is 10.1. The summed E-state index contributed by atoms with van der Waals surface area (Å²) in [6, 6.07) is -0.283. The van der Waals surface area contributed by atoms with Crippen molar-refractivity contribution in [3.63, 3.8) is 0 Å². The summed E-state index contributed by atoms with van der Waals surface area (Å²) >= 11 is 0. The van der Waals surface area contributed by atoms with Gasteiger partial charge in [0.05, 0.1) is 19.3 Å². The number of carbonyl (C=O) groups excluding carboxylic acids is 1. The zero-order chi connectivity index (χ0) is 11.1. The monoisotopic (exact) mass is 214 g/mol. The number of hydrogen-bond donors (Lipinski definition) is 3. The molecule has 5 nitrogen and oxygen atoms in total. The maximum atomic E-state index is 11.2. The number of rotatable bonds is 3. The average Bonchev–Trinajstić information content (AvgIpc) is 2.25. The highest BCUT2D eigenvalue weighted by Crippen LogP contribution is 2.11. The van der Waals surface area contributed by atoms with Gasteiger partial charge < -0.3 is 20.5 Å². The van der Waals surface area contributed by atoms with E-state index in [9.17, 15) is 4.79 Å². The highest BCUT2D eigenvalue weighted by atomic mass is 16.5. The van der Waals surface area contributed by atoms with Gasteiger partial charge in [-0.2, -0.15) is 0 Å². The summed E-state index contributed by atoms with van der Waals surface area (Å²) in [6.45, 7) is 3.33. The third kappa shape index (κ3) is 5.39. The Balaban J connectivity index is 2.19. The van der Waals surface area contributed by atoms with Crippen LogP contribution in [-0.4, -0.2) is 37.0 Å². The van der Waals surface area contributed by atoms with Gasteiger partial charge in [-0.05, 0) is 25.3 Å². The number of urea groups is 1. The molecule has 5 heteroatoms. The van der Waals surface area contributed by atoms with Crippen LogP contribution in [0.15, 0.2) is 11.8 Å². The van der Waals surface area contributed by atoms with Crippen molar-refractivity contribution in [2.75, 3.05) is 19.8 Å². The molecule has 1 unspecified atom stereocenters. The topological polar surface area (TPSA) is 70.6 Å². The first-order valence-electron chi connectivity index (χ1n) is 5.16. The number of carbonyl (C=O) groups is 1. The highest BCUT2D eigenvalue weighted by Gasteiger charge is 2.06. The van der Waals surface area contributed by atoms with Crippen LogP contribution in [0.5, 0.6) is 0 Å². The van der Waals surface area contributed by atoms with E-state index in [-0.39, 0.29) is 12.6 Å². The first-order valence-corrected chi connectivity index (χ1v) is 5.16. The summed E-state index contributed by atoms with van der Waals surface area (Å²) in [6.07, 6.45) is 2.94. The van der Waals surface area contributed by atoms with E-state index < -0.39 is 6.10 Å². The van der Waals surface area contributed by atoms with Gasteiger partial charge in [0.2, 0.25) is 0 Å². The van der Waals surface area contributed by atoms with E-state index in [4.69, 9.17) is 9.84 Å². The average molecular weight is 214 g/mol. The lowest BCUT2D eigenvalue weighted by Gasteiger charge is -2.14. The zero-order valence-electron chi connectivity index (χ0n) is 8.95. The quantitative estimate of drug-likeness (QED) is 0.635. The fraction of sp³-hybridized carbons (Fsp3) is 0.700. The van der Waals surface area contributed by atoms with Crippen molar-refractivity contribution in [3.8, 4) is 0 Å². The maximum Gasteiger partial charge on any atom is 0.318 e. The van der Waals surface area contributed by atoms with Crippen LogP contribution in [0.4, 0.5) is 4.79 Å². The van der Waals surface area contributed by atoms with Gasteiger partial charge in [-0.1, -0.05) is 0 Å². The maximum absolute atomic E-state index is 11.2. The van der Waals surface area contributed by atoms with E-state index in [1.807, 2.05) is 0 Å². The van der Waals surface area contributed by atoms with E-state index in [0.29, 0.717) is 0 Å². The van der Waals surface area contributed by atoms with Crippen LogP contribution in [0, 0.1) is 0 Å². The van der Waals surface area contributed by atoms with Crippen molar-refractivity contribution in [3.05, 3.63) is 11.8 Å². The Morgan fingerprint density at radius 2 is 2.27 bits per heavy atom. The molecule has 86 valence electrons. The molecule has 0 aromatic heterocycles. The minimum absolute atomic E-state index is 0.262. The van der Waals surface area contributed by atoms with Crippen molar-refractivity contribution in [1.82, 2.24) is 10.6 Å². The molecule has 0 aliphatic carbocycles. The Morgan fingerprint density at radius 1 is 1.60 bits per heavy atom. The standard InChI is InChI=1S/C10H18N2O3/c1-8(13)6-11-10(14)12-7-9-2-4-15-5-3-9/h7-8,13H,2-6H2,1H3,(H2,11,12,14). The van der Waals surface area contributed by atoms with E-state index in [1.54, 1.807) is 13.1 Å². The van der Waals surface area contributed by atoms with Gasteiger partial charge in [0.1, 0.15) is 0 Å². The lowest BCUT2D eigenvalue weighted by Crippen LogP contribution is -2.36. The predicted molar refractivity (Wildman–Crippen MR) is 56.4 cm³/mol. The first kappa shape index (κ1) is 12.0. The second kappa shape index (κ2) is 6.42. The van der Waals surface area contributed by atoms with Crippen LogP contribution in [-0.2, 0) is 4.74 Å². The molecule has 0 saturated carbocycles. The third-order valence-corrected chi connectivity index (χ3v) is 2.10. The minimum Gasteiger partial charge on any atom is -0.392 e. The van der Waals surface area contributed by atoms with Crippen LogP contribution in [0.1, 0.15) is 19.8 Å². The summed E-state index contributed by atoms with van der Waals surface area (Å²) in [5.74, 6) is 0. The molecule has 3 N–H and O–H groups in total. The Bertz CT molecular complexity index is 231. The summed E-state index contributed by atoms with van der Waals surface area (Å²) in [5, 5.41) is 14.1. The van der Waals surface area contributed by atoms with Gasteiger partial charge in [0, 0.05) is 12.7 Å². The predicted octanol–water partition coefficient (Wildman–Crippen LogP) is 0.361. The Labute approximate surface area is 89.5 Å². The van der Waals surface area contributed by atoms with E-state index >= 15 is 0 Å². The normalized spacial score (nSPS) is 18.1. The van der Waals surface area contributed by atoms with Crippen LogP contribution >= 0.6 is 0 Å². The highest BCUT2D eigenvalue weighted by molar-refractivity contribution is 5.74. The molecule has 1 saturated heterocycles. The van der Waals surface area contributed by atoms with Gasteiger partial charge in [-0.15, -0.1) is 0 Å². The number of ether oxygens (including phenoxy) is 1. The summed E-state index contributed by atoms with van der Waals surface area (Å²) < 4.78 is 5.18. The van der Waals surface area contributed by atoms with E-state index in [1.165, 1.54) is 5.57 Å². The van der Waals surface area contributed by atoms with Crippen molar-refractivity contribution in [2.45, 2.75) is 25.9 Å². The van der Waals surface area contributed by atoms with Crippen molar-refractivity contribution < 1.29 is 14.6 Å². The van der Waals surface area contributed by atoms with E-state index in [2.05, 4.69) is 10.6 Å². The van der Waals surface area contributed by atoms with Gasteiger partial charge in [-0.25, -0.2) is 4.79 Å². The largest absolute Gasteiger partial charge is 0.392 e. The summed E-state index contributed by atoms with van der Waals surface area (Å²) in [4.78, 5) is 11.2.